The number of hydrogen-bond acceptors (Lipinski definition) is 8. The number of imidazole rings is 1. The molecule has 0 radical (unpaired) electrons. The molecular weight excluding hydrogens is 446 g/mol. The van der Waals surface area contributed by atoms with Crippen molar-refractivity contribution in [2.75, 3.05) is 51.5 Å². The molecule has 0 N–H and O–H groups in total. The summed E-state index contributed by atoms with van der Waals surface area (Å²) in [5, 5.41) is 5.18. The Labute approximate surface area is 204 Å². The van der Waals surface area contributed by atoms with Crippen LogP contribution in [0.25, 0.3) is 33.1 Å². The van der Waals surface area contributed by atoms with Crippen LogP contribution in [0.2, 0.25) is 0 Å². The van der Waals surface area contributed by atoms with Gasteiger partial charge in [-0.25, -0.2) is 4.98 Å². The molecule has 9 heteroatoms. The molecular formula is C26H31N5O4. The fourth-order valence-electron chi connectivity index (χ4n) is 5.42. The molecule has 0 unspecified atom stereocenters. The van der Waals surface area contributed by atoms with E-state index in [1.54, 1.807) is 7.11 Å². The second-order valence-corrected chi connectivity index (χ2v) is 9.44. The number of morpholine rings is 1. The van der Waals surface area contributed by atoms with Crippen molar-refractivity contribution in [3.63, 3.8) is 0 Å². The molecule has 0 spiro atoms. The van der Waals surface area contributed by atoms with E-state index in [1.807, 2.05) is 20.0 Å². The average Bonchev–Trinajstić information content (AvgIpc) is 3.43. The summed E-state index contributed by atoms with van der Waals surface area (Å²) in [5.74, 6) is 3.08. The van der Waals surface area contributed by atoms with Gasteiger partial charge in [-0.2, -0.15) is 0 Å². The lowest BCUT2D eigenvalue weighted by Gasteiger charge is -2.30. The molecule has 2 saturated heterocycles. The van der Waals surface area contributed by atoms with E-state index < -0.39 is 0 Å². The Balaban J connectivity index is 1.56. The summed E-state index contributed by atoms with van der Waals surface area (Å²) in [5.41, 5.74) is 5.63. The highest BCUT2D eigenvalue weighted by atomic mass is 16.5. The number of benzene rings is 1. The zero-order valence-corrected chi connectivity index (χ0v) is 20.5. The van der Waals surface area contributed by atoms with Crippen LogP contribution in [0.4, 0.5) is 5.95 Å². The molecule has 2 fully saturated rings. The van der Waals surface area contributed by atoms with E-state index in [4.69, 9.17) is 28.7 Å². The van der Waals surface area contributed by atoms with Crippen molar-refractivity contribution in [1.29, 1.82) is 0 Å². The first-order chi connectivity index (χ1) is 17.1. The highest BCUT2D eigenvalue weighted by Crippen LogP contribution is 2.40. The summed E-state index contributed by atoms with van der Waals surface area (Å²) >= 11 is 0. The number of fused-ring (bicyclic) bond motifs is 3. The molecule has 0 aliphatic carbocycles. The predicted molar refractivity (Wildman–Crippen MR) is 133 cm³/mol. The Kier molecular flexibility index (Phi) is 5.82. The zero-order valence-electron chi connectivity index (χ0n) is 20.5. The summed E-state index contributed by atoms with van der Waals surface area (Å²) in [7, 11) is 1.70. The van der Waals surface area contributed by atoms with Gasteiger partial charge in [-0.15, -0.1) is 0 Å². The second kappa shape index (κ2) is 9.13. The number of methoxy groups -OCH3 is 1. The Morgan fingerprint density at radius 2 is 1.80 bits per heavy atom. The van der Waals surface area contributed by atoms with Gasteiger partial charge in [0, 0.05) is 43.8 Å². The molecule has 0 amide bonds. The van der Waals surface area contributed by atoms with Gasteiger partial charge in [0.15, 0.2) is 0 Å². The number of nitrogens with zero attached hydrogens (tertiary/aromatic N) is 5. The fourth-order valence-corrected chi connectivity index (χ4v) is 5.42. The maximum absolute atomic E-state index is 5.88. The average molecular weight is 478 g/mol. The first-order valence-electron chi connectivity index (χ1n) is 12.3. The topological polar surface area (TPSA) is 87.7 Å². The highest BCUT2D eigenvalue weighted by Gasteiger charge is 2.25. The van der Waals surface area contributed by atoms with E-state index >= 15 is 0 Å². The molecule has 9 nitrogen and oxygen atoms in total. The maximum atomic E-state index is 5.88. The quantitative estimate of drug-likeness (QED) is 0.424. The van der Waals surface area contributed by atoms with Gasteiger partial charge in [-0.3, -0.25) is 4.98 Å². The summed E-state index contributed by atoms with van der Waals surface area (Å²) in [6, 6.07) is 4.18. The predicted octanol–water partition coefficient (Wildman–Crippen LogP) is 4.13. The lowest BCUT2D eigenvalue weighted by molar-refractivity contribution is 0.0616. The SMILES string of the molecule is COc1cc2c(cc1-c1c(C)noc1C)ncc1nc(N3CCOCC3)n(CC3CCOCC3)c12. The van der Waals surface area contributed by atoms with Gasteiger partial charge in [-0.1, -0.05) is 5.16 Å². The Bertz CT molecular complexity index is 1350. The molecule has 0 bridgehead atoms. The number of aryl methyl sites for hydroxylation is 2. The molecule has 6 rings (SSSR count). The number of aromatic nitrogens is 4. The normalized spacial score (nSPS) is 17.5. The minimum absolute atomic E-state index is 0.549. The highest BCUT2D eigenvalue weighted by molar-refractivity contribution is 6.05. The minimum Gasteiger partial charge on any atom is -0.496 e. The molecule has 2 aliphatic rings. The lowest BCUT2D eigenvalue weighted by atomic mass is 9.99. The molecule has 3 aromatic heterocycles. The van der Waals surface area contributed by atoms with E-state index in [-0.39, 0.29) is 0 Å². The van der Waals surface area contributed by atoms with Crippen LogP contribution in [0.15, 0.2) is 22.9 Å². The van der Waals surface area contributed by atoms with Crippen LogP contribution in [0, 0.1) is 19.8 Å². The Morgan fingerprint density at radius 3 is 2.51 bits per heavy atom. The summed E-state index contributed by atoms with van der Waals surface area (Å²) in [6.07, 6.45) is 4.02. The first kappa shape index (κ1) is 22.3. The van der Waals surface area contributed by atoms with Crippen LogP contribution < -0.4 is 9.64 Å². The van der Waals surface area contributed by atoms with Crippen molar-refractivity contribution in [3.05, 3.63) is 29.8 Å². The number of hydrogen-bond donors (Lipinski definition) is 0. The number of pyridine rings is 1. The number of ether oxygens (including phenoxy) is 3. The first-order valence-corrected chi connectivity index (χ1v) is 12.3. The largest absolute Gasteiger partial charge is 0.496 e. The van der Waals surface area contributed by atoms with E-state index in [0.29, 0.717) is 19.1 Å². The molecule has 0 saturated carbocycles. The van der Waals surface area contributed by atoms with Gasteiger partial charge in [0.25, 0.3) is 0 Å². The van der Waals surface area contributed by atoms with Crippen molar-refractivity contribution in [3.8, 4) is 16.9 Å². The van der Waals surface area contributed by atoms with Gasteiger partial charge in [0.2, 0.25) is 5.95 Å². The van der Waals surface area contributed by atoms with Crippen molar-refractivity contribution in [1.82, 2.24) is 19.7 Å². The van der Waals surface area contributed by atoms with Crippen molar-refractivity contribution >= 4 is 27.9 Å². The Morgan fingerprint density at radius 1 is 1.03 bits per heavy atom. The number of rotatable bonds is 5. The Hall–Kier alpha value is -3.17. The third kappa shape index (κ3) is 3.92. The number of anilines is 1. The molecule has 1 aromatic carbocycles. The van der Waals surface area contributed by atoms with Crippen LogP contribution in [0.3, 0.4) is 0 Å². The van der Waals surface area contributed by atoms with Crippen molar-refractivity contribution in [2.24, 2.45) is 5.92 Å². The molecule has 35 heavy (non-hydrogen) atoms. The van der Waals surface area contributed by atoms with Gasteiger partial charge in [0.1, 0.15) is 17.0 Å². The van der Waals surface area contributed by atoms with Crippen LogP contribution >= 0.6 is 0 Å². The molecule has 2 aliphatic heterocycles. The van der Waals surface area contributed by atoms with Crippen molar-refractivity contribution in [2.45, 2.75) is 33.2 Å². The van der Waals surface area contributed by atoms with Crippen LogP contribution in [-0.2, 0) is 16.0 Å². The summed E-state index contributed by atoms with van der Waals surface area (Å²) in [4.78, 5) is 12.2. The zero-order chi connectivity index (χ0) is 23.9. The second-order valence-electron chi connectivity index (χ2n) is 9.44. The van der Waals surface area contributed by atoms with E-state index in [1.165, 1.54) is 0 Å². The summed E-state index contributed by atoms with van der Waals surface area (Å²) in [6.45, 7) is 9.52. The molecule has 0 atom stereocenters. The van der Waals surface area contributed by atoms with Gasteiger partial charge >= 0.3 is 0 Å². The van der Waals surface area contributed by atoms with E-state index in [9.17, 15) is 0 Å². The third-order valence-corrected chi connectivity index (χ3v) is 7.25. The van der Waals surface area contributed by atoms with Crippen LogP contribution in [0.5, 0.6) is 5.75 Å². The molecule has 5 heterocycles. The maximum Gasteiger partial charge on any atom is 0.206 e. The third-order valence-electron chi connectivity index (χ3n) is 7.25. The smallest absolute Gasteiger partial charge is 0.206 e. The van der Waals surface area contributed by atoms with E-state index in [0.717, 1.165) is 102 Å². The van der Waals surface area contributed by atoms with Crippen LogP contribution in [0.1, 0.15) is 24.3 Å². The van der Waals surface area contributed by atoms with Gasteiger partial charge in [0.05, 0.1) is 48.8 Å². The van der Waals surface area contributed by atoms with Crippen molar-refractivity contribution < 1.29 is 18.7 Å². The van der Waals surface area contributed by atoms with Gasteiger partial charge in [-0.05, 0) is 44.7 Å². The fraction of sp³-hybridized carbons (Fsp3) is 0.500. The van der Waals surface area contributed by atoms with E-state index in [2.05, 4.69) is 26.8 Å². The molecule has 4 aromatic rings. The monoisotopic (exact) mass is 477 g/mol. The minimum atomic E-state index is 0.549. The lowest BCUT2D eigenvalue weighted by Crippen LogP contribution is -2.38. The van der Waals surface area contributed by atoms with Crippen LogP contribution in [-0.4, -0.2) is 66.3 Å². The summed E-state index contributed by atoms with van der Waals surface area (Å²) < 4.78 is 25.0. The molecule has 184 valence electrons. The van der Waals surface area contributed by atoms with Gasteiger partial charge < -0.3 is 28.2 Å². The standard InChI is InChI=1S/C26H31N5O4/c1-16-24(17(2)35-29-16)20-12-21-19(13-23(20)32-3)25-22(14-27-21)28-26(30-6-10-34-11-7-30)31(25)15-18-4-8-33-9-5-18/h12-14,18H,4-11,15H2,1-3H3.